The average molecular weight is 629 g/mol. The van der Waals surface area contributed by atoms with E-state index >= 15 is 0 Å². The van der Waals surface area contributed by atoms with Crippen LogP contribution in [-0.4, -0.2) is 47.5 Å². The lowest BCUT2D eigenvalue weighted by Crippen LogP contribution is -2.37. The van der Waals surface area contributed by atoms with Gasteiger partial charge in [0.05, 0.1) is 19.4 Å². The molecule has 0 aliphatic carbocycles. The van der Waals surface area contributed by atoms with Gasteiger partial charge in [-0.1, -0.05) is 63.4 Å². The number of ether oxygens (including phenoxy) is 2. The van der Waals surface area contributed by atoms with Crippen LogP contribution >= 0.6 is 39.1 Å². The number of halogens is 3. The average Bonchev–Trinajstić information content (AvgIpc) is 2.94. The molecular formula is C27H24BrCl2N7O2. The Balaban J connectivity index is 1.34. The number of hydrogen-bond acceptors (Lipinski definition) is 9. The second-order valence-electron chi connectivity index (χ2n) is 8.45. The Hall–Kier alpha value is -3.44. The Morgan fingerprint density at radius 1 is 0.974 bits per heavy atom. The van der Waals surface area contributed by atoms with Crippen molar-refractivity contribution in [2.45, 2.75) is 6.61 Å². The molecule has 1 aliphatic rings. The third kappa shape index (κ3) is 7.57. The lowest BCUT2D eigenvalue weighted by Gasteiger charge is -2.27. The molecule has 1 aliphatic heterocycles. The molecule has 0 radical (unpaired) electrons. The predicted molar refractivity (Wildman–Crippen MR) is 159 cm³/mol. The quantitative estimate of drug-likeness (QED) is 0.159. The Morgan fingerprint density at radius 3 is 2.56 bits per heavy atom. The Kier molecular flexibility index (Phi) is 9.10. The molecule has 1 fully saturated rings. The van der Waals surface area contributed by atoms with Gasteiger partial charge < -0.3 is 19.7 Å². The first-order chi connectivity index (χ1) is 19.0. The Bertz CT molecular complexity index is 1450. The molecule has 200 valence electrons. The van der Waals surface area contributed by atoms with Gasteiger partial charge in [0, 0.05) is 44.4 Å². The summed E-state index contributed by atoms with van der Waals surface area (Å²) >= 11 is 15.8. The molecule has 1 aromatic heterocycles. The zero-order valence-electron chi connectivity index (χ0n) is 20.7. The highest BCUT2D eigenvalue weighted by molar-refractivity contribution is 9.10. The monoisotopic (exact) mass is 627 g/mol. The predicted octanol–water partition coefficient (Wildman–Crippen LogP) is 6.55. The van der Waals surface area contributed by atoms with E-state index in [0.717, 1.165) is 21.3 Å². The smallest absolute Gasteiger partial charge is 0.250 e. The highest BCUT2D eigenvalue weighted by atomic mass is 79.9. The number of rotatable bonds is 9. The number of hydrazone groups is 1. The number of hydrogen-bond donors (Lipinski definition) is 2. The van der Waals surface area contributed by atoms with Crippen molar-refractivity contribution in [3.63, 3.8) is 0 Å². The van der Waals surface area contributed by atoms with Gasteiger partial charge in [0.2, 0.25) is 17.8 Å². The van der Waals surface area contributed by atoms with Crippen molar-refractivity contribution in [2.75, 3.05) is 41.9 Å². The first-order valence-corrected chi connectivity index (χ1v) is 13.6. The van der Waals surface area contributed by atoms with Crippen LogP contribution in [0.15, 0.2) is 76.3 Å². The van der Waals surface area contributed by atoms with Crippen molar-refractivity contribution in [1.82, 2.24) is 15.0 Å². The summed E-state index contributed by atoms with van der Waals surface area (Å²) in [7, 11) is 0. The van der Waals surface area contributed by atoms with E-state index in [0.29, 0.717) is 59.9 Å². The number of para-hydroxylation sites is 1. The van der Waals surface area contributed by atoms with Gasteiger partial charge in [-0.3, -0.25) is 0 Å². The molecule has 39 heavy (non-hydrogen) atoms. The van der Waals surface area contributed by atoms with E-state index in [9.17, 15) is 0 Å². The molecule has 12 heteroatoms. The fourth-order valence-electron chi connectivity index (χ4n) is 3.73. The summed E-state index contributed by atoms with van der Waals surface area (Å²) in [5.74, 6) is 1.87. The van der Waals surface area contributed by atoms with E-state index in [-0.39, 0.29) is 6.61 Å². The van der Waals surface area contributed by atoms with Crippen molar-refractivity contribution in [2.24, 2.45) is 5.10 Å². The lowest BCUT2D eigenvalue weighted by atomic mass is 10.2. The topological polar surface area (TPSA) is 96.8 Å². The summed E-state index contributed by atoms with van der Waals surface area (Å²) < 4.78 is 12.4. The molecule has 0 spiro atoms. The second-order valence-corrected chi connectivity index (χ2v) is 10.2. The molecule has 4 aromatic rings. The van der Waals surface area contributed by atoms with Crippen molar-refractivity contribution in [3.8, 4) is 5.75 Å². The summed E-state index contributed by atoms with van der Waals surface area (Å²) in [4.78, 5) is 15.7. The van der Waals surface area contributed by atoms with Crippen LogP contribution in [0.4, 0.5) is 23.5 Å². The van der Waals surface area contributed by atoms with Crippen LogP contribution in [0, 0.1) is 0 Å². The summed E-state index contributed by atoms with van der Waals surface area (Å²) in [5.41, 5.74) is 5.37. The van der Waals surface area contributed by atoms with Gasteiger partial charge >= 0.3 is 0 Å². The molecule has 9 nitrogen and oxygen atoms in total. The summed E-state index contributed by atoms with van der Waals surface area (Å²) in [6.07, 6.45) is 1.64. The van der Waals surface area contributed by atoms with Gasteiger partial charge in [0.1, 0.15) is 12.4 Å². The number of nitrogens with one attached hydrogen (secondary N) is 2. The Morgan fingerprint density at radius 2 is 1.77 bits per heavy atom. The van der Waals surface area contributed by atoms with Crippen molar-refractivity contribution < 1.29 is 9.47 Å². The van der Waals surface area contributed by atoms with Crippen molar-refractivity contribution in [3.05, 3.63) is 92.4 Å². The maximum Gasteiger partial charge on any atom is 0.250 e. The zero-order chi connectivity index (χ0) is 27.0. The number of benzene rings is 3. The summed E-state index contributed by atoms with van der Waals surface area (Å²) in [6.45, 7) is 2.88. The second kappa shape index (κ2) is 13.1. The molecule has 2 N–H and O–H groups in total. The van der Waals surface area contributed by atoms with E-state index in [4.69, 9.17) is 32.7 Å². The summed E-state index contributed by atoms with van der Waals surface area (Å²) in [6, 6.07) is 20.7. The highest BCUT2D eigenvalue weighted by Gasteiger charge is 2.17. The number of aromatic nitrogens is 3. The molecule has 0 atom stereocenters. The van der Waals surface area contributed by atoms with E-state index in [1.54, 1.807) is 18.3 Å². The molecule has 2 heterocycles. The van der Waals surface area contributed by atoms with Crippen molar-refractivity contribution in [1.29, 1.82) is 0 Å². The van der Waals surface area contributed by atoms with Gasteiger partial charge in [-0.2, -0.15) is 20.1 Å². The molecule has 1 saturated heterocycles. The van der Waals surface area contributed by atoms with Gasteiger partial charge in [0.15, 0.2) is 0 Å². The van der Waals surface area contributed by atoms with Crippen LogP contribution < -0.4 is 20.4 Å². The zero-order valence-corrected chi connectivity index (χ0v) is 23.7. The third-order valence-electron chi connectivity index (χ3n) is 5.69. The van der Waals surface area contributed by atoms with Crippen LogP contribution in [-0.2, 0) is 11.3 Å². The van der Waals surface area contributed by atoms with Crippen molar-refractivity contribution >= 4 is 68.9 Å². The van der Waals surface area contributed by atoms with Gasteiger partial charge in [-0.05, 0) is 42.5 Å². The SMILES string of the molecule is Clc1ccc(COc2ccc(Br)cc2C=NNc2nc(Nc3ccccc3)nc(N3CCOCC3)n2)c(Cl)c1. The van der Waals surface area contributed by atoms with Crippen LogP contribution in [0.2, 0.25) is 10.0 Å². The number of morpholine rings is 1. The third-order valence-corrected chi connectivity index (χ3v) is 6.77. The molecule has 0 amide bonds. The minimum Gasteiger partial charge on any atom is -0.488 e. The number of anilines is 4. The van der Waals surface area contributed by atoms with Crippen LogP contribution in [0.1, 0.15) is 11.1 Å². The maximum atomic E-state index is 6.30. The van der Waals surface area contributed by atoms with Gasteiger partial charge in [0.25, 0.3) is 0 Å². The molecule has 0 bridgehead atoms. The van der Waals surface area contributed by atoms with Crippen LogP contribution in [0.25, 0.3) is 0 Å². The van der Waals surface area contributed by atoms with Crippen LogP contribution in [0.3, 0.4) is 0 Å². The molecule has 3 aromatic carbocycles. The number of nitrogens with zero attached hydrogens (tertiary/aromatic N) is 5. The first kappa shape index (κ1) is 27.1. The van der Waals surface area contributed by atoms with E-state index in [2.05, 4.69) is 51.6 Å². The fraction of sp³-hybridized carbons (Fsp3) is 0.185. The molecule has 0 saturated carbocycles. The maximum absolute atomic E-state index is 6.30. The van der Waals surface area contributed by atoms with Gasteiger partial charge in [-0.25, -0.2) is 5.43 Å². The molecular weight excluding hydrogens is 605 g/mol. The minimum atomic E-state index is 0.275. The molecule has 0 unspecified atom stereocenters. The van der Waals surface area contributed by atoms with Gasteiger partial charge in [-0.15, -0.1) is 0 Å². The normalized spacial score (nSPS) is 13.5. The highest BCUT2D eigenvalue weighted by Crippen LogP contribution is 2.26. The lowest BCUT2D eigenvalue weighted by molar-refractivity contribution is 0.122. The van der Waals surface area contributed by atoms with E-state index in [1.165, 1.54) is 0 Å². The molecule has 5 rings (SSSR count). The standard InChI is InChI=1S/C27H24BrCl2N7O2/c28-20-7-9-24(39-17-18-6-8-21(29)15-23(18)30)19(14-20)16-31-36-26-33-25(32-22-4-2-1-3-5-22)34-27(35-26)37-10-12-38-13-11-37/h1-9,14-16H,10-13,17H2,(H2,32,33,34,35,36). The Labute approximate surface area is 244 Å². The largest absolute Gasteiger partial charge is 0.488 e. The first-order valence-electron chi connectivity index (χ1n) is 12.1. The van der Waals surface area contributed by atoms with E-state index < -0.39 is 0 Å². The summed E-state index contributed by atoms with van der Waals surface area (Å²) in [5, 5.41) is 8.74. The minimum absolute atomic E-state index is 0.275. The van der Waals surface area contributed by atoms with Crippen LogP contribution in [0.5, 0.6) is 5.75 Å². The fourth-order valence-corrected chi connectivity index (χ4v) is 4.57. The van der Waals surface area contributed by atoms with E-state index in [1.807, 2.05) is 54.6 Å².